The number of rotatable bonds is 5. The molecule has 1 heterocycles. The number of carboxylic acid groups (broad SMARTS) is 1. The number of nitrogens with zero attached hydrogens (tertiary/aromatic N) is 1. The van der Waals surface area contributed by atoms with Crippen molar-refractivity contribution in [2.75, 3.05) is 13.1 Å². The van der Waals surface area contributed by atoms with E-state index in [9.17, 15) is 9.59 Å². The summed E-state index contributed by atoms with van der Waals surface area (Å²) in [5, 5.41) is 11.2. The van der Waals surface area contributed by atoms with Crippen molar-refractivity contribution in [1.82, 2.24) is 10.2 Å². The first-order valence-corrected chi connectivity index (χ1v) is 4.51. The van der Waals surface area contributed by atoms with Crippen LogP contribution in [-0.4, -0.2) is 41.1 Å². The van der Waals surface area contributed by atoms with E-state index >= 15 is 0 Å². The van der Waals surface area contributed by atoms with Gasteiger partial charge in [-0.1, -0.05) is 6.08 Å². The Morgan fingerprint density at radius 1 is 1.79 bits per heavy atom. The van der Waals surface area contributed by atoms with Gasteiger partial charge in [-0.05, 0) is 6.42 Å². The number of hydrogen-bond acceptors (Lipinski definition) is 2. The summed E-state index contributed by atoms with van der Waals surface area (Å²) in [7, 11) is 0. The second kappa shape index (κ2) is 4.64. The van der Waals surface area contributed by atoms with E-state index in [2.05, 4.69) is 11.9 Å². The van der Waals surface area contributed by atoms with Crippen LogP contribution in [-0.2, 0) is 4.79 Å². The molecule has 0 saturated carbocycles. The molecule has 0 aliphatic carbocycles. The van der Waals surface area contributed by atoms with Gasteiger partial charge in [0.2, 0.25) is 0 Å². The van der Waals surface area contributed by atoms with E-state index in [0.29, 0.717) is 19.5 Å². The normalized spacial score (nSPS) is 20.7. The molecule has 1 unspecified atom stereocenters. The van der Waals surface area contributed by atoms with Crippen LogP contribution in [0.15, 0.2) is 12.7 Å². The van der Waals surface area contributed by atoms with E-state index in [-0.39, 0.29) is 18.5 Å². The molecule has 0 radical (unpaired) electrons. The molecule has 5 heteroatoms. The lowest BCUT2D eigenvalue weighted by atomic mass is 10.2. The predicted octanol–water partition coefficient (Wildman–Crippen LogP) is 0.431. The molecule has 78 valence electrons. The maximum absolute atomic E-state index is 11.2. The Bertz CT molecular complexity index is 252. The van der Waals surface area contributed by atoms with E-state index in [1.54, 1.807) is 11.0 Å². The summed E-state index contributed by atoms with van der Waals surface area (Å²) in [6.07, 6.45) is 2.22. The lowest BCUT2D eigenvalue weighted by Gasteiger charge is -2.10. The average Bonchev–Trinajstić information content (AvgIpc) is 2.45. The zero-order valence-corrected chi connectivity index (χ0v) is 7.90. The van der Waals surface area contributed by atoms with Crippen molar-refractivity contribution in [1.29, 1.82) is 0 Å². The molecule has 0 bridgehead atoms. The third-order valence-electron chi connectivity index (χ3n) is 2.11. The van der Waals surface area contributed by atoms with Crippen LogP contribution in [0.3, 0.4) is 0 Å². The largest absolute Gasteiger partial charge is 0.481 e. The first kappa shape index (κ1) is 10.6. The molecule has 2 amide bonds. The van der Waals surface area contributed by atoms with Crippen LogP contribution in [0.2, 0.25) is 0 Å². The first-order chi connectivity index (χ1) is 6.63. The van der Waals surface area contributed by atoms with Gasteiger partial charge in [-0.3, -0.25) is 4.79 Å². The van der Waals surface area contributed by atoms with Gasteiger partial charge in [0.15, 0.2) is 0 Å². The van der Waals surface area contributed by atoms with E-state index in [0.717, 1.165) is 0 Å². The number of nitrogens with one attached hydrogen (secondary N) is 1. The Hall–Kier alpha value is -1.52. The number of carboxylic acids is 1. The summed E-state index contributed by atoms with van der Waals surface area (Å²) in [6.45, 7) is 4.62. The minimum atomic E-state index is -0.832. The van der Waals surface area contributed by atoms with Gasteiger partial charge in [0.05, 0.1) is 0 Å². The van der Waals surface area contributed by atoms with Gasteiger partial charge in [-0.2, -0.15) is 0 Å². The second-order valence-electron chi connectivity index (χ2n) is 3.27. The molecule has 14 heavy (non-hydrogen) atoms. The maximum Gasteiger partial charge on any atom is 0.318 e. The van der Waals surface area contributed by atoms with Crippen molar-refractivity contribution in [3.8, 4) is 0 Å². The molecule has 0 spiro atoms. The van der Waals surface area contributed by atoms with Gasteiger partial charge >= 0.3 is 12.0 Å². The summed E-state index contributed by atoms with van der Waals surface area (Å²) in [6, 6.07) is -0.182. The molecular formula is C9H14N2O3. The minimum absolute atomic E-state index is 0.0430. The Morgan fingerprint density at radius 2 is 2.50 bits per heavy atom. The third-order valence-corrected chi connectivity index (χ3v) is 2.11. The molecule has 5 nitrogen and oxygen atoms in total. The Morgan fingerprint density at radius 3 is 3.07 bits per heavy atom. The van der Waals surface area contributed by atoms with Crippen LogP contribution in [0.25, 0.3) is 0 Å². The van der Waals surface area contributed by atoms with Gasteiger partial charge in [0.25, 0.3) is 0 Å². The lowest BCUT2D eigenvalue weighted by molar-refractivity contribution is -0.137. The molecule has 0 aromatic carbocycles. The number of hydrogen-bond donors (Lipinski definition) is 2. The summed E-state index contributed by atoms with van der Waals surface area (Å²) in [5.41, 5.74) is 0. The molecule has 0 aromatic heterocycles. The molecule has 2 N–H and O–H groups in total. The van der Waals surface area contributed by atoms with Crippen LogP contribution in [0.5, 0.6) is 0 Å². The quantitative estimate of drug-likeness (QED) is 0.629. The number of carbonyl (C=O) groups is 2. The third kappa shape index (κ3) is 2.76. The molecular weight excluding hydrogens is 184 g/mol. The van der Waals surface area contributed by atoms with E-state index < -0.39 is 5.97 Å². The monoisotopic (exact) mass is 198 g/mol. The van der Waals surface area contributed by atoms with E-state index in [4.69, 9.17) is 5.11 Å². The number of aliphatic carboxylic acids is 1. The van der Waals surface area contributed by atoms with Crippen LogP contribution < -0.4 is 5.32 Å². The van der Waals surface area contributed by atoms with Gasteiger partial charge in [-0.15, -0.1) is 6.58 Å². The highest BCUT2D eigenvalue weighted by molar-refractivity contribution is 5.77. The van der Waals surface area contributed by atoms with Gasteiger partial charge < -0.3 is 15.3 Å². The van der Waals surface area contributed by atoms with Crippen LogP contribution in [0, 0.1) is 0 Å². The number of urea groups is 1. The predicted molar refractivity (Wildman–Crippen MR) is 51.0 cm³/mol. The Kier molecular flexibility index (Phi) is 3.50. The van der Waals surface area contributed by atoms with Crippen molar-refractivity contribution in [3.05, 3.63) is 12.7 Å². The Balaban J connectivity index is 2.34. The smallest absolute Gasteiger partial charge is 0.318 e. The van der Waals surface area contributed by atoms with Crippen LogP contribution in [0.4, 0.5) is 4.79 Å². The van der Waals surface area contributed by atoms with Crippen molar-refractivity contribution in [3.63, 3.8) is 0 Å². The molecule has 1 fully saturated rings. The second-order valence-corrected chi connectivity index (χ2v) is 3.27. The van der Waals surface area contributed by atoms with Crippen molar-refractivity contribution < 1.29 is 14.7 Å². The van der Waals surface area contributed by atoms with Crippen molar-refractivity contribution in [2.45, 2.75) is 18.9 Å². The van der Waals surface area contributed by atoms with Crippen LogP contribution >= 0.6 is 0 Å². The number of carbonyl (C=O) groups excluding carboxylic acids is 1. The highest BCUT2D eigenvalue weighted by Crippen LogP contribution is 2.08. The summed E-state index contributed by atoms with van der Waals surface area (Å²) >= 11 is 0. The summed E-state index contributed by atoms with van der Waals surface area (Å²) in [4.78, 5) is 23.2. The summed E-state index contributed by atoms with van der Waals surface area (Å²) < 4.78 is 0. The minimum Gasteiger partial charge on any atom is -0.481 e. The first-order valence-electron chi connectivity index (χ1n) is 4.51. The highest BCUT2D eigenvalue weighted by atomic mass is 16.4. The standard InChI is InChI=1S/C9H14N2O3/c1-2-5-11-6-7(10-9(11)14)3-4-8(12)13/h2,7H,1,3-6H2,(H,10,14)(H,12,13). The fourth-order valence-corrected chi connectivity index (χ4v) is 1.43. The summed E-state index contributed by atoms with van der Waals surface area (Å²) in [5.74, 6) is -0.832. The topological polar surface area (TPSA) is 69.6 Å². The fraction of sp³-hybridized carbons (Fsp3) is 0.556. The molecule has 1 rings (SSSR count). The fourth-order valence-electron chi connectivity index (χ4n) is 1.43. The lowest BCUT2D eigenvalue weighted by Crippen LogP contribution is -2.28. The van der Waals surface area contributed by atoms with Crippen molar-refractivity contribution >= 4 is 12.0 Å². The van der Waals surface area contributed by atoms with Gasteiger partial charge in [-0.25, -0.2) is 4.79 Å². The number of amides is 2. The zero-order valence-electron chi connectivity index (χ0n) is 7.90. The molecule has 1 aliphatic heterocycles. The van der Waals surface area contributed by atoms with Crippen molar-refractivity contribution in [2.24, 2.45) is 0 Å². The van der Waals surface area contributed by atoms with E-state index in [1.807, 2.05) is 0 Å². The molecule has 1 aliphatic rings. The van der Waals surface area contributed by atoms with Crippen LogP contribution in [0.1, 0.15) is 12.8 Å². The molecule has 1 saturated heterocycles. The maximum atomic E-state index is 11.2. The van der Waals surface area contributed by atoms with Gasteiger partial charge in [0.1, 0.15) is 0 Å². The molecule has 0 aromatic rings. The molecule has 1 atom stereocenters. The van der Waals surface area contributed by atoms with E-state index in [1.165, 1.54) is 0 Å². The zero-order chi connectivity index (χ0) is 10.6. The Labute approximate surface area is 82.4 Å². The average molecular weight is 198 g/mol. The van der Waals surface area contributed by atoms with Gasteiger partial charge in [0, 0.05) is 25.6 Å². The SMILES string of the molecule is C=CCN1CC(CCC(=O)O)NC1=O. The highest BCUT2D eigenvalue weighted by Gasteiger charge is 2.27.